The van der Waals surface area contributed by atoms with Gasteiger partial charge in [-0.3, -0.25) is 0 Å². The Labute approximate surface area is 113 Å². The molecule has 0 atom stereocenters. The summed E-state index contributed by atoms with van der Waals surface area (Å²) in [5.41, 5.74) is 2.19. The molecule has 0 amide bonds. The van der Waals surface area contributed by atoms with Crippen LogP contribution in [0, 0.1) is 0 Å². The van der Waals surface area contributed by atoms with E-state index >= 15 is 0 Å². The molecule has 0 saturated carbocycles. The van der Waals surface area contributed by atoms with Crippen LogP contribution in [0.15, 0.2) is 11.1 Å². The molecule has 0 aliphatic heterocycles. The van der Waals surface area contributed by atoms with Gasteiger partial charge in [0.2, 0.25) is 0 Å². The van der Waals surface area contributed by atoms with Crippen LogP contribution in [0.25, 0.3) is 0 Å². The summed E-state index contributed by atoms with van der Waals surface area (Å²) in [6.07, 6.45) is 10.3. The molecule has 0 spiro atoms. The standard InChI is InChI=1S/C16H30O2/c1-5-8-9-10-11-12-13-15(16(17)18-4)14(6-2)7-3/h5-13H2,1-4H3. The summed E-state index contributed by atoms with van der Waals surface area (Å²) >= 11 is 0. The number of methoxy groups -OCH3 is 1. The molecule has 0 aromatic rings. The lowest BCUT2D eigenvalue weighted by molar-refractivity contribution is -0.136. The van der Waals surface area contributed by atoms with Crippen LogP contribution in [0.1, 0.15) is 78.6 Å². The summed E-state index contributed by atoms with van der Waals surface area (Å²) in [7, 11) is 1.48. The zero-order chi connectivity index (χ0) is 13.8. The second-order valence-corrected chi connectivity index (χ2v) is 4.80. The number of unbranched alkanes of at least 4 members (excludes halogenated alkanes) is 5. The van der Waals surface area contributed by atoms with Gasteiger partial charge in [0.25, 0.3) is 0 Å². The van der Waals surface area contributed by atoms with Gasteiger partial charge >= 0.3 is 5.97 Å². The molecular formula is C16H30O2. The molecule has 0 radical (unpaired) electrons. The van der Waals surface area contributed by atoms with Crippen molar-refractivity contribution in [1.82, 2.24) is 0 Å². The van der Waals surface area contributed by atoms with E-state index in [1.54, 1.807) is 0 Å². The third-order valence-corrected chi connectivity index (χ3v) is 3.49. The van der Waals surface area contributed by atoms with Crippen LogP contribution in [0.3, 0.4) is 0 Å². The Kier molecular flexibility index (Phi) is 10.8. The molecule has 0 aromatic heterocycles. The van der Waals surface area contributed by atoms with Gasteiger partial charge in [0.1, 0.15) is 0 Å². The summed E-state index contributed by atoms with van der Waals surface area (Å²) in [6.45, 7) is 6.46. The number of carbonyl (C=O) groups excluding carboxylic acids is 1. The van der Waals surface area contributed by atoms with Crippen LogP contribution in [-0.4, -0.2) is 13.1 Å². The number of ether oxygens (including phenoxy) is 1. The molecule has 0 rings (SSSR count). The largest absolute Gasteiger partial charge is 0.466 e. The molecule has 0 aliphatic rings. The van der Waals surface area contributed by atoms with Crippen molar-refractivity contribution in [3.63, 3.8) is 0 Å². The van der Waals surface area contributed by atoms with Crippen molar-refractivity contribution >= 4 is 5.97 Å². The van der Waals surface area contributed by atoms with E-state index in [9.17, 15) is 4.79 Å². The van der Waals surface area contributed by atoms with Gasteiger partial charge in [-0.25, -0.2) is 4.79 Å². The summed E-state index contributed by atoms with van der Waals surface area (Å²) in [5, 5.41) is 0. The van der Waals surface area contributed by atoms with Crippen molar-refractivity contribution < 1.29 is 9.53 Å². The van der Waals surface area contributed by atoms with Gasteiger partial charge in [-0.15, -0.1) is 0 Å². The molecule has 0 bridgehead atoms. The zero-order valence-corrected chi connectivity index (χ0v) is 12.7. The average Bonchev–Trinajstić information content (AvgIpc) is 2.40. The van der Waals surface area contributed by atoms with Crippen molar-refractivity contribution in [2.24, 2.45) is 0 Å². The zero-order valence-electron chi connectivity index (χ0n) is 12.7. The maximum absolute atomic E-state index is 11.8. The molecule has 0 fully saturated rings. The molecule has 2 nitrogen and oxygen atoms in total. The van der Waals surface area contributed by atoms with E-state index < -0.39 is 0 Å². The second-order valence-electron chi connectivity index (χ2n) is 4.80. The van der Waals surface area contributed by atoms with Crippen LogP contribution in [0.2, 0.25) is 0 Å². The van der Waals surface area contributed by atoms with E-state index in [2.05, 4.69) is 20.8 Å². The van der Waals surface area contributed by atoms with Crippen LogP contribution in [-0.2, 0) is 9.53 Å². The smallest absolute Gasteiger partial charge is 0.333 e. The fraction of sp³-hybridized carbons (Fsp3) is 0.812. The predicted octanol–water partition coefficient (Wildman–Crippen LogP) is 5.03. The lowest BCUT2D eigenvalue weighted by Crippen LogP contribution is -2.08. The second kappa shape index (κ2) is 11.3. The van der Waals surface area contributed by atoms with E-state index in [1.807, 2.05) is 0 Å². The number of hydrogen-bond acceptors (Lipinski definition) is 2. The summed E-state index contributed by atoms with van der Waals surface area (Å²) < 4.78 is 4.90. The Morgan fingerprint density at radius 3 is 1.94 bits per heavy atom. The molecule has 0 N–H and O–H groups in total. The van der Waals surface area contributed by atoms with Gasteiger partial charge in [-0.05, 0) is 25.7 Å². The van der Waals surface area contributed by atoms with Crippen molar-refractivity contribution in [3.05, 3.63) is 11.1 Å². The van der Waals surface area contributed by atoms with Crippen LogP contribution in [0.4, 0.5) is 0 Å². The lowest BCUT2D eigenvalue weighted by Gasteiger charge is -2.11. The van der Waals surface area contributed by atoms with Crippen molar-refractivity contribution in [3.8, 4) is 0 Å². The maximum atomic E-state index is 11.8. The van der Waals surface area contributed by atoms with E-state index in [4.69, 9.17) is 4.74 Å². The Bertz CT molecular complexity index is 248. The summed E-state index contributed by atoms with van der Waals surface area (Å²) in [4.78, 5) is 11.8. The Hall–Kier alpha value is -0.790. The van der Waals surface area contributed by atoms with Crippen molar-refractivity contribution in [1.29, 1.82) is 0 Å². The highest BCUT2D eigenvalue weighted by molar-refractivity contribution is 5.89. The summed E-state index contributed by atoms with van der Waals surface area (Å²) in [6, 6.07) is 0. The highest BCUT2D eigenvalue weighted by Crippen LogP contribution is 2.20. The minimum Gasteiger partial charge on any atom is -0.466 e. The number of allylic oxidation sites excluding steroid dienone is 1. The quantitative estimate of drug-likeness (QED) is 0.310. The van der Waals surface area contributed by atoms with Gasteiger partial charge in [-0.2, -0.15) is 0 Å². The highest BCUT2D eigenvalue weighted by Gasteiger charge is 2.13. The van der Waals surface area contributed by atoms with Gasteiger partial charge in [-0.1, -0.05) is 58.4 Å². The predicted molar refractivity (Wildman–Crippen MR) is 77.6 cm³/mol. The van der Waals surface area contributed by atoms with Crippen molar-refractivity contribution in [2.75, 3.05) is 7.11 Å². The fourth-order valence-corrected chi connectivity index (χ4v) is 2.31. The normalized spacial score (nSPS) is 10.2. The fourth-order valence-electron chi connectivity index (χ4n) is 2.31. The molecule has 106 valence electrons. The first-order chi connectivity index (χ1) is 8.71. The summed E-state index contributed by atoms with van der Waals surface area (Å²) in [5.74, 6) is -0.123. The van der Waals surface area contributed by atoms with E-state index in [0.29, 0.717) is 0 Å². The molecule has 0 heterocycles. The van der Waals surface area contributed by atoms with E-state index in [0.717, 1.165) is 31.3 Å². The lowest BCUT2D eigenvalue weighted by atomic mass is 9.97. The molecule has 0 unspecified atom stereocenters. The SMILES string of the molecule is CCCCCCCCC(C(=O)OC)=C(CC)CC. The van der Waals surface area contributed by atoms with E-state index in [-0.39, 0.29) is 5.97 Å². The Morgan fingerprint density at radius 2 is 1.44 bits per heavy atom. The molecule has 0 aromatic carbocycles. The Balaban J connectivity index is 4.19. The molecule has 0 saturated heterocycles. The number of hydrogen-bond donors (Lipinski definition) is 0. The minimum absolute atomic E-state index is 0.123. The van der Waals surface area contributed by atoms with Gasteiger partial charge in [0, 0.05) is 5.57 Å². The third kappa shape index (κ3) is 6.83. The van der Waals surface area contributed by atoms with Gasteiger partial charge < -0.3 is 4.74 Å². The van der Waals surface area contributed by atoms with Crippen LogP contribution in [0.5, 0.6) is 0 Å². The monoisotopic (exact) mass is 254 g/mol. The van der Waals surface area contributed by atoms with E-state index in [1.165, 1.54) is 44.8 Å². The Morgan fingerprint density at radius 1 is 0.889 bits per heavy atom. The number of rotatable bonds is 10. The maximum Gasteiger partial charge on any atom is 0.333 e. The first kappa shape index (κ1) is 17.2. The van der Waals surface area contributed by atoms with Crippen LogP contribution >= 0.6 is 0 Å². The first-order valence-electron chi connectivity index (χ1n) is 7.50. The third-order valence-electron chi connectivity index (χ3n) is 3.49. The van der Waals surface area contributed by atoms with Crippen molar-refractivity contribution in [2.45, 2.75) is 78.6 Å². The van der Waals surface area contributed by atoms with Gasteiger partial charge in [0.15, 0.2) is 0 Å². The first-order valence-corrected chi connectivity index (χ1v) is 7.50. The molecule has 18 heavy (non-hydrogen) atoms. The molecule has 2 heteroatoms. The topological polar surface area (TPSA) is 26.3 Å². The number of carbonyl (C=O) groups is 1. The minimum atomic E-state index is -0.123. The van der Waals surface area contributed by atoms with Gasteiger partial charge in [0.05, 0.1) is 7.11 Å². The average molecular weight is 254 g/mol. The van der Waals surface area contributed by atoms with Crippen LogP contribution < -0.4 is 0 Å². The highest BCUT2D eigenvalue weighted by atomic mass is 16.5. The number of esters is 1. The molecular weight excluding hydrogens is 224 g/mol. The molecule has 0 aliphatic carbocycles.